The molecule has 0 saturated carbocycles. The molecule has 0 fully saturated rings. The molecule has 2 unspecified atom stereocenters. The molecule has 3 N–H and O–H groups in total. The van der Waals surface area contributed by atoms with E-state index in [-0.39, 0.29) is 18.4 Å². The molecular formula is C24H28N2O5. The zero-order valence-electron chi connectivity index (χ0n) is 17.9. The van der Waals surface area contributed by atoms with Gasteiger partial charge in [-0.25, -0.2) is 9.59 Å². The molecular weight excluding hydrogens is 396 g/mol. The van der Waals surface area contributed by atoms with Crippen LogP contribution in [0.2, 0.25) is 0 Å². The number of aliphatic carboxylic acids is 1. The fraction of sp³-hybridized carbons (Fsp3) is 0.375. The van der Waals surface area contributed by atoms with Crippen LogP contribution in [0.15, 0.2) is 48.5 Å². The molecule has 2 amide bonds. The first-order chi connectivity index (χ1) is 14.8. The number of carbonyl (C=O) groups excluding carboxylic acids is 2. The topological polar surface area (TPSA) is 105 Å². The number of fused-ring (bicyclic) bond motifs is 3. The number of amides is 2. The SMILES string of the molecule is CCC(C)C(NC(=O)[C@H](C)NC(=O)OCC1c2ccccc2-c2ccccc21)C(=O)O. The highest BCUT2D eigenvalue weighted by molar-refractivity contribution is 5.89. The summed E-state index contributed by atoms with van der Waals surface area (Å²) in [6, 6.07) is 14.1. The second-order valence-electron chi connectivity index (χ2n) is 7.90. The first-order valence-corrected chi connectivity index (χ1v) is 10.5. The Morgan fingerprint density at radius 3 is 2.03 bits per heavy atom. The van der Waals surface area contributed by atoms with E-state index in [0.29, 0.717) is 6.42 Å². The molecule has 7 nitrogen and oxygen atoms in total. The summed E-state index contributed by atoms with van der Waals surface area (Å²) < 4.78 is 5.44. The number of hydrogen-bond acceptors (Lipinski definition) is 4. The van der Waals surface area contributed by atoms with E-state index in [4.69, 9.17) is 4.74 Å². The minimum atomic E-state index is -1.10. The molecule has 1 aliphatic carbocycles. The summed E-state index contributed by atoms with van der Waals surface area (Å²) in [6.45, 7) is 5.24. The molecule has 31 heavy (non-hydrogen) atoms. The van der Waals surface area contributed by atoms with Crippen LogP contribution < -0.4 is 10.6 Å². The number of benzene rings is 2. The van der Waals surface area contributed by atoms with Crippen molar-refractivity contribution >= 4 is 18.0 Å². The lowest BCUT2D eigenvalue weighted by atomic mass is 9.98. The minimum absolute atomic E-state index is 0.0796. The van der Waals surface area contributed by atoms with Gasteiger partial charge in [0.15, 0.2) is 0 Å². The van der Waals surface area contributed by atoms with Crippen LogP contribution in [0, 0.1) is 5.92 Å². The fourth-order valence-electron chi connectivity index (χ4n) is 3.84. The molecule has 0 aliphatic heterocycles. The Labute approximate surface area is 181 Å². The smallest absolute Gasteiger partial charge is 0.407 e. The normalized spacial score (nSPS) is 15.2. The maximum absolute atomic E-state index is 12.4. The van der Waals surface area contributed by atoms with Crippen molar-refractivity contribution < 1.29 is 24.2 Å². The summed E-state index contributed by atoms with van der Waals surface area (Å²) in [6.07, 6.45) is -0.120. The van der Waals surface area contributed by atoms with Crippen LogP contribution in [0.1, 0.15) is 44.2 Å². The van der Waals surface area contributed by atoms with E-state index < -0.39 is 30.1 Å². The van der Waals surface area contributed by atoms with Crippen LogP contribution in [-0.2, 0) is 14.3 Å². The largest absolute Gasteiger partial charge is 0.480 e. The summed E-state index contributed by atoms with van der Waals surface area (Å²) in [5.41, 5.74) is 4.45. The monoisotopic (exact) mass is 424 g/mol. The Morgan fingerprint density at radius 1 is 0.968 bits per heavy atom. The second kappa shape index (κ2) is 9.64. The third kappa shape index (κ3) is 4.87. The third-order valence-corrected chi connectivity index (χ3v) is 5.85. The first-order valence-electron chi connectivity index (χ1n) is 10.5. The van der Waals surface area contributed by atoms with Crippen molar-refractivity contribution in [2.75, 3.05) is 6.61 Å². The van der Waals surface area contributed by atoms with E-state index in [0.717, 1.165) is 22.3 Å². The molecule has 3 rings (SSSR count). The van der Waals surface area contributed by atoms with Crippen molar-refractivity contribution in [3.05, 3.63) is 59.7 Å². The van der Waals surface area contributed by atoms with Crippen molar-refractivity contribution in [3.8, 4) is 11.1 Å². The lowest BCUT2D eigenvalue weighted by Gasteiger charge is -2.22. The van der Waals surface area contributed by atoms with Crippen molar-refractivity contribution in [2.24, 2.45) is 5.92 Å². The van der Waals surface area contributed by atoms with Crippen LogP contribution in [0.4, 0.5) is 4.79 Å². The van der Waals surface area contributed by atoms with Crippen LogP contribution >= 0.6 is 0 Å². The molecule has 0 spiro atoms. The lowest BCUT2D eigenvalue weighted by Crippen LogP contribution is -2.52. The zero-order valence-corrected chi connectivity index (χ0v) is 17.9. The van der Waals surface area contributed by atoms with Gasteiger partial charge in [0.2, 0.25) is 5.91 Å². The maximum Gasteiger partial charge on any atom is 0.407 e. The van der Waals surface area contributed by atoms with Gasteiger partial charge in [0.1, 0.15) is 18.7 Å². The van der Waals surface area contributed by atoms with Gasteiger partial charge < -0.3 is 20.5 Å². The molecule has 0 aromatic heterocycles. The molecule has 1 aliphatic rings. The Bertz CT molecular complexity index is 928. The number of carboxylic acid groups (broad SMARTS) is 1. The Hall–Kier alpha value is -3.35. The standard InChI is InChI=1S/C24H28N2O5/c1-4-14(2)21(23(28)29)26-22(27)15(3)25-24(30)31-13-20-18-11-7-5-9-16(18)17-10-6-8-12-19(17)20/h5-12,14-15,20-21H,4,13H2,1-3H3,(H,25,30)(H,26,27)(H,28,29)/t14?,15-,21?/m0/s1. The summed E-state index contributed by atoms with van der Waals surface area (Å²) >= 11 is 0. The highest BCUT2D eigenvalue weighted by Gasteiger charge is 2.30. The molecule has 0 saturated heterocycles. The summed E-state index contributed by atoms with van der Waals surface area (Å²) in [5, 5.41) is 14.3. The van der Waals surface area contributed by atoms with E-state index in [1.165, 1.54) is 6.92 Å². The van der Waals surface area contributed by atoms with Gasteiger partial charge in [-0.3, -0.25) is 4.79 Å². The number of rotatable bonds is 8. The van der Waals surface area contributed by atoms with Crippen LogP contribution in [-0.4, -0.2) is 41.8 Å². The third-order valence-electron chi connectivity index (χ3n) is 5.85. The number of alkyl carbamates (subject to hydrolysis) is 1. The number of hydrogen-bond donors (Lipinski definition) is 3. The number of carbonyl (C=O) groups is 3. The predicted molar refractivity (Wildman–Crippen MR) is 117 cm³/mol. The Balaban J connectivity index is 1.59. The molecule has 0 bridgehead atoms. The maximum atomic E-state index is 12.4. The van der Waals surface area contributed by atoms with E-state index in [2.05, 4.69) is 22.8 Å². The quantitative estimate of drug-likeness (QED) is 0.601. The summed E-state index contributed by atoms with van der Waals surface area (Å²) in [4.78, 5) is 36.1. The average molecular weight is 424 g/mol. The number of ether oxygens (including phenoxy) is 1. The van der Waals surface area contributed by atoms with Gasteiger partial charge in [0.25, 0.3) is 0 Å². The van der Waals surface area contributed by atoms with Gasteiger partial charge in [-0.1, -0.05) is 68.8 Å². The van der Waals surface area contributed by atoms with Gasteiger partial charge in [-0.05, 0) is 35.1 Å². The molecule has 3 atom stereocenters. The van der Waals surface area contributed by atoms with Gasteiger partial charge in [-0.2, -0.15) is 0 Å². The van der Waals surface area contributed by atoms with E-state index in [1.54, 1.807) is 6.92 Å². The van der Waals surface area contributed by atoms with Crippen LogP contribution in [0.3, 0.4) is 0 Å². The molecule has 7 heteroatoms. The van der Waals surface area contributed by atoms with Crippen LogP contribution in [0.25, 0.3) is 11.1 Å². The van der Waals surface area contributed by atoms with Crippen LogP contribution in [0.5, 0.6) is 0 Å². The van der Waals surface area contributed by atoms with Gasteiger partial charge >= 0.3 is 12.1 Å². The first kappa shape index (κ1) is 22.3. The Kier molecular flexibility index (Phi) is 6.95. The molecule has 164 valence electrons. The van der Waals surface area contributed by atoms with E-state index in [1.807, 2.05) is 43.3 Å². The average Bonchev–Trinajstić information content (AvgIpc) is 3.08. The van der Waals surface area contributed by atoms with E-state index in [9.17, 15) is 19.5 Å². The zero-order chi connectivity index (χ0) is 22.5. The number of nitrogens with one attached hydrogen (secondary N) is 2. The van der Waals surface area contributed by atoms with Gasteiger partial charge in [0, 0.05) is 5.92 Å². The lowest BCUT2D eigenvalue weighted by molar-refractivity contribution is -0.143. The fourth-order valence-corrected chi connectivity index (χ4v) is 3.84. The van der Waals surface area contributed by atoms with Crippen molar-refractivity contribution in [3.63, 3.8) is 0 Å². The minimum Gasteiger partial charge on any atom is -0.480 e. The predicted octanol–water partition coefficient (Wildman–Crippen LogP) is 3.53. The van der Waals surface area contributed by atoms with Crippen molar-refractivity contribution in [1.29, 1.82) is 0 Å². The van der Waals surface area contributed by atoms with Crippen molar-refractivity contribution in [2.45, 2.75) is 45.2 Å². The van der Waals surface area contributed by atoms with Crippen molar-refractivity contribution in [1.82, 2.24) is 10.6 Å². The number of carboxylic acids is 1. The Morgan fingerprint density at radius 2 is 1.52 bits per heavy atom. The highest BCUT2D eigenvalue weighted by Crippen LogP contribution is 2.44. The highest BCUT2D eigenvalue weighted by atomic mass is 16.5. The van der Waals surface area contributed by atoms with Gasteiger partial charge in [-0.15, -0.1) is 0 Å². The molecule has 0 heterocycles. The second-order valence-corrected chi connectivity index (χ2v) is 7.90. The van der Waals surface area contributed by atoms with E-state index >= 15 is 0 Å². The molecule has 0 radical (unpaired) electrons. The molecule has 2 aromatic rings. The van der Waals surface area contributed by atoms with Gasteiger partial charge in [0.05, 0.1) is 0 Å². The summed E-state index contributed by atoms with van der Waals surface area (Å²) in [7, 11) is 0. The summed E-state index contributed by atoms with van der Waals surface area (Å²) in [5.74, 6) is -1.98. The molecule has 2 aromatic carbocycles.